The molecule has 5 heteroatoms. The maximum Gasteiger partial charge on any atom is 0.227 e. The molecular formula is C18H20N2O2S. The molecule has 0 spiro atoms. The van der Waals surface area contributed by atoms with Crippen LogP contribution < -0.4 is 0 Å². The summed E-state index contributed by atoms with van der Waals surface area (Å²) in [6.07, 6.45) is 0.487. The predicted octanol–water partition coefficient (Wildman–Crippen LogP) is 2.32. The van der Waals surface area contributed by atoms with Crippen LogP contribution in [0.25, 0.3) is 0 Å². The van der Waals surface area contributed by atoms with Crippen molar-refractivity contribution in [3.63, 3.8) is 0 Å². The molecule has 2 heterocycles. The van der Waals surface area contributed by atoms with Gasteiger partial charge < -0.3 is 4.90 Å². The molecule has 1 aliphatic rings. The van der Waals surface area contributed by atoms with Gasteiger partial charge in [0.25, 0.3) is 0 Å². The fourth-order valence-electron chi connectivity index (χ4n) is 2.75. The van der Waals surface area contributed by atoms with Crippen molar-refractivity contribution < 1.29 is 9.59 Å². The van der Waals surface area contributed by atoms with Gasteiger partial charge in [-0.2, -0.15) is 0 Å². The Hall–Kier alpha value is -1.98. The number of carbonyl (C=O) groups is 2. The highest BCUT2D eigenvalue weighted by atomic mass is 32.1. The van der Waals surface area contributed by atoms with Crippen molar-refractivity contribution >= 4 is 23.0 Å². The Morgan fingerprint density at radius 2 is 1.70 bits per heavy atom. The van der Waals surface area contributed by atoms with Crippen LogP contribution in [0.1, 0.15) is 15.2 Å². The van der Waals surface area contributed by atoms with Crippen molar-refractivity contribution in [3.8, 4) is 0 Å². The Morgan fingerprint density at radius 1 is 0.957 bits per heavy atom. The van der Waals surface area contributed by atoms with Crippen molar-refractivity contribution in [1.29, 1.82) is 0 Å². The fraction of sp³-hybridized carbons (Fsp3) is 0.333. The van der Waals surface area contributed by atoms with E-state index < -0.39 is 0 Å². The molecule has 0 radical (unpaired) electrons. The largest absolute Gasteiger partial charge is 0.340 e. The average Bonchev–Trinajstić information content (AvgIpc) is 3.09. The van der Waals surface area contributed by atoms with Gasteiger partial charge in [-0.15, -0.1) is 11.3 Å². The molecule has 0 N–H and O–H groups in total. The Balaban J connectivity index is 1.47. The zero-order valence-electron chi connectivity index (χ0n) is 13.0. The monoisotopic (exact) mass is 328 g/mol. The molecule has 23 heavy (non-hydrogen) atoms. The lowest BCUT2D eigenvalue weighted by atomic mass is 10.1. The van der Waals surface area contributed by atoms with Gasteiger partial charge in [0, 0.05) is 36.6 Å². The molecule has 1 aliphatic heterocycles. The standard InChI is InChI=1S/C18H20N2O2S/c21-17(15-5-2-1-3-6-15)14-19-8-10-20(11-9-19)18(22)13-16-7-4-12-23-16/h1-7,12H,8-11,13-14H2. The van der Waals surface area contributed by atoms with E-state index in [1.165, 1.54) is 0 Å². The minimum Gasteiger partial charge on any atom is -0.340 e. The lowest BCUT2D eigenvalue weighted by Gasteiger charge is -2.34. The molecule has 1 saturated heterocycles. The fourth-order valence-corrected chi connectivity index (χ4v) is 3.44. The molecule has 1 aromatic carbocycles. The van der Waals surface area contributed by atoms with Crippen LogP contribution in [0.4, 0.5) is 0 Å². The van der Waals surface area contributed by atoms with E-state index >= 15 is 0 Å². The second-order valence-corrected chi connectivity index (χ2v) is 6.73. The molecule has 0 aliphatic carbocycles. The minimum atomic E-state index is 0.143. The number of benzene rings is 1. The third-order valence-electron chi connectivity index (χ3n) is 4.09. The van der Waals surface area contributed by atoms with Crippen LogP contribution in [-0.4, -0.2) is 54.2 Å². The molecule has 0 unspecified atom stereocenters. The van der Waals surface area contributed by atoms with Crippen LogP contribution in [0.5, 0.6) is 0 Å². The van der Waals surface area contributed by atoms with Gasteiger partial charge in [0.15, 0.2) is 5.78 Å². The van der Waals surface area contributed by atoms with Gasteiger partial charge in [0.1, 0.15) is 0 Å². The molecule has 0 saturated carbocycles. The summed E-state index contributed by atoms with van der Waals surface area (Å²) in [7, 11) is 0. The number of carbonyl (C=O) groups excluding carboxylic acids is 2. The Bertz CT molecular complexity index is 647. The second kappa shape index (κ2) is 7.53. The number of rotatable bonds is 5. The van der Waals surface area contributed by atoms with E-state index in [1.807, 2.05) is 52.7 Å². The summed E-state index contributed by atoms with van der Waals surface area (Å²) in [4.78, 5) is 29.6. The molecule has 1 fully saturated rings. The van der Waals surface area contributed by atoms with E-state index in [4.69, 9.17) is 0 Å². The van der Waals surface area contributed by atoms with E-state index in [1.54, 1.807) is 11.3 Å². The van der Waals surface area contributed by atoms with Crippen molar-refractivity contribution in [2.45, 2.75) is 6.42 Å². The van der Waals surface area contributed by atoms with E-state index in [0.717, 1.165) is 23.5 Å². The molecule has 120 valence electrons. The Kier molecular flexibility index (Phi) is 5.20. The summed E-state index contributed by atoms with van der Waals surface area (Å²) in [6.45, 7) is 3.35. The minimum absolute atomic E-state index is 0.143. The van der Waals surface area contributed by atoms with Crippen LogP contribution >= 0.6 is 11.3 Å². The summed E-state index contributed by atoms with van der Waals surface area (Å²) < 4.78 is 0. The number of ketones is 1. The summed E-state index contributed by atoms with van der Waals surface area (Å²) in [5.41, 5.74) is 0.753. The van der Waals surface area contributed by atoms with Gasteiger partial charge in [-0.05, 0) is 11.4 Å². The SMILES string of the molecule is O=C(CN1CCN(C(=O)Cc2cccs2)CC1)c1ccccc1. The number of hydrogen-bond donors (Lipinski definition) is 0. The predicted molar refractivity (Wildman–Crippen MR) is 91.8 cm³/mol. The van der Waals surface area contributed by atoms with E-state index in [9.17, 15) is 9.59 Å². The number of nitrogens with zero attached hydrogens (tertiary/aromatic N) is 2. The van der Waals surface area contributed by atoms with Gasteiger partial charge in [-0.25, -0.2) is 0 Å². The molecule has 1 amide bonds. The Labute approximate surface area is 140 Å². The zero-order valence-corrected chi connectivity index (χ0v) is 13.8. The maximum atomic E-state index is 12.3. The quantitative estimate of drug-likeness (QED) is 0.791. The number of piperazine rings is 1. The number of Topliss-reactive ketones (excluding diaryl/α,β-unsaturated/α-hetero) is 1. The van der Waals surface area contributed by atoms with Gasteiger partial charge in [-0.1, -0.05) is 36.4 Å². The third kappa shape index (κ3) is 4.27. The molecule has 3 rings (SSSR count). The molecule has 4 nitrogen and oxygen atoms in total. The summed E-state index contributed by atoms with van der Waals surface area (Å²) in [5, 5.41) is 2.00. The molecule has 0 atom stereocenters. The van der Waals surface area contributed by atoms with Gasteiger partial charge in [0.2, 0.25) is 5.91 Å². The molecule has 2 aromatic rings. The normalized spacial score (nSPS) is 15.6. The smallest absolute Gasteiger partial charge is 0.227 e. The van der Waals surface area contributed by atoms with E-state index in [2.05, 4.69) is 4.90 Å². The van der Waals surface area contributed by atoms with E-state index in [-0.39, 0.29) is 11.7 Å². The third-order valence-corrected chi connectivity index (χ3v) is 4.97. The highest BCUT2D eigenvalue weighted by Gasteiger charge is 2.22. The van der Waals surface area contributed by atoms with Crippen molar-refractivity contribution in [2.75, 3.05) is 32.7 Å². The number of thiophene rings is 1. The maximum absolute atomic E-state index is 12.3. The molecule has 1 aromatic heterocycles. The lowest BCUT2D eigenvalue weighted by Crippen LogP contribution is -2.50. The van der Waals surface area contributed by atoms with Crippen LogP contribution in [0.3, 0.4) is 0 Å². The first kappa shape index (κ1) is 15.9. The highest BCUT2D eigenvalue weighted by molar-refractivity contribution is 7.10. The van der Waals surface area contributed by atoms with Crippen molar-refractivity contribution in [1.82, 2.24) is 9.80 Å². The van der Waals surface area contributed by atoms with Gasteiger partial charge in [-0.3, -0.25) is 14.5 Å². The molecule has 0 bridgehead atoms. The van der Waals surface area contributed by atoms with Crippen LogP contribution in [0, 0.1) is 0 Å². The first-order valence-electron chi connectivity index (χ1n) is 7.83. The lowest BCUT2D eigenvalue weighted by molar-refractivity contribution is -0.132. The number of hydrogen-bond acceptors (Lipinski definition) is 4. The van der Waals surface area contributed by atoms with Crippen molar-refractivity contribution in [3.05, 3.63) is 58.3 Å². The van der Waals surface area contributed by atoms with Gasteiger partial charge >= 0.3 is 0 Å². The topological polar surface area (TPSA) is 40.6 Å². The van der Waals surface area contributed by atoms with Crippen LogP contribution in [-0.2, 0) is 11.2 Å². The Morgan fingerprint density at radius 3 is 2.35 bits per heavy atom. The first-order chi connectivity index (χ1) is 11.2. The summed E-state index contributed by atoms with van der Waals surface area (Å²) >= 11 is 1.62. The average molecular weight is 328 g/mol. The second-order valence-electron chi connectivity index (χ2n) is 5.70. The zero-order chi connectivity index (χ0) is 16.1. The van der Waals surface area contributed by atoms with Crippen molar-refractivity contribution in [2.24, 2.45) is 0 Å². The van der Waals surface area contributed by atoms with Crippen LogP contribution in [0.2, 0.25) is 0 Å². The first-order valence-corrected chi connectivity index (χ1v) is 8.71. The van der Waals surface area contributed by atoms with Gasteiger partial charge in [0.05, 0.1) is 13.0 Å². The summed E-state index contributed by atoms with van der Waals surface area (Å²) in [6, 6.07) is 13.3. The number of amides is 1. The van der Waals surface area contributed by atoms with Crippen LogP contribution in [0.15, 0.2) is 47.8 Å². The highest BCUT2D eigenvalue weighted by Crippen LogP contribution is 2.12. The molecular weight excluding hydrogens is 308 g/mol. The summed E-state index contributed by atoms with van der Waals surface area (Å²) in [5.74, 6) is 0.324. The van der Waals surface area contributed by atoms with E-state index in [0.29, 0.717) is 26.1 Å².